The normalized spacial score (nSPS) is 17.7. The fourth-order valence-electron chi connectivity index (χ4n) is 5.15. The van der Waals surface area contributed by atoms with Crippen LogP contribution in [-0.2, 0) is 0 Å². The lowest BCUT2D eigenvalue weighted by Crippen LogP contribution is -1.92. The van der Waals surface area contributed by atoms with E-state index in [4.69, 9.17) is 20.9 Å². The van der Waals surface area contributed by atoms with Crippen LogP contribution in [0.25, 0.3) is 76.9 Å². The maximum atomic E-state index is 9.34. The average molecular weight is 514 g/mol. The van der Waals surface area contributed by atoms with E-state index in [9.17, 15) is 6.85 Å². The molecule has 8 rings (SSSR count). The zero-order chi connectivity index (χ0) is 40.6. The Kier molecular flexibility index (Phi) is 2.44. The molecule has 0 aliphatic carbocycles. The Labute approximate surface area is 250 Å². The molecule has 1 nitrogen and oxygen atoms in total. The van der Waals surface area contributed by atoms with Crippen LogP contribution in [0.4, 0.5) is 0 Å². The topological polar surface area (TPSA) is 13.1 Å². The number of para-hydroxylation sites is 2. The predicted octanol–water partition coefficient (Wildman–Crippen LogP) is 10.9. The minimum atomic E-state index is -0.862. The van der Waals surface area contributed by atoms with Crippen LogP contribution < -0.4 is 0 Å². The molecule has 0 saturated carbocycles. The first-order valence-corrected chi connectivity index (χ1v) is 12.0. The lowest BCUT2D eigenvalue weighted by molar-refractivity contribution is 0.670. The molecule has 0 spiro atoms. The molecule has 0 aliphatic heterocycles. The van der Waals surface area contributed by atoms with Crippen molar-refractivity contribution >= 4 is 43.5 Å². The van der Waals surface area contributed by atoms with Gasteiger partial charge in [0, 0.05) is 21.9 Å². The summed E-state index contributed by atoms with van der Waals surface area (Å²) in [4.78, 5) is 0. The first-order chi connectivity index (χ1) is 26.4. The second-order valence-corrected chi connectivity index (χ2v) is 8.78. The molecule has 182 valence electrons. The molecule has 0 N–H and O–H groups in total. The molecule has 8 aromatic rings. The Balaban J connectivity index is 1.76. The molecule has 0 atom stereocenters. The van der Waals surface area contributed by atoms with Gasteiger partial charge in [-0.15, -0.1) is 0 Å². The number of rotatable bonds is 3. The van der Waals surface area contributed by atoms with E-state index in [1.807, 2.05) is 6.07 Å². The van der Waals surface area contributed by atoms with Gasteiger partial charge in [-0.1, -0.05) is 139 Å². The zero-order valence-electron chi connectivity index (χ0n) is 36.9. The van der Waals surface area contributed by atoms with Gasteiger partial charge in [0.05, 0.1) is 23.3 Å². The molecule has 1 heteroatoms. The smallest absolute Gasteiger partial charge is 0.143 e. The third-order valence-corrected chi connectivity index (χ3v) is 6.74. The lowest BCUT2D eigenvalue weighted by Gasteiger charge is -2.19. The fourth-order valence-corrected chi connectivity index (χ4v) is 5.15. The van der Waals surface area contributed by atoms with Gasteiger partial charge in [0.2, 0.25) is 0 Å². The van der Waals surface area contributed by atoms with Gasteiger partial charge in [0.1, 0.15) is 11.2 Å². The summed E-state index contributed by atoms with van der Waals surface area (Å²) in [5.74, 6) is 0. The third-order valence-electron chi connectivity index (χ3n) is 6.74. The molecule has 1 aromatic heterocycles. The summed E-state index contributed by atoms with van der Waals surface area (Å²) in [7, 11) is 0. The maximum Gasteiger partial charge on any atom is 0.143 e. The first kappa shape index (κ1) is 10.9. The number of hydrogen-bond donors (Lipinski definition) is 0. The van der Waals surface area contributed by atoms with E-state index in [0.717, 1.165) is 0 Å². The quantitative estimate of drug-likeness (QED) is 0.214. The van der Waals surface area contributed by atoms with Gasteiger partial charge >= 0.3 is 0 Å². The Morgan fingerprint density at radius 3 is 1.64 bits per heavy atom. The van der Waals surface area contributed by atoms with E-state index in [2.05, 4.69) is 0 Å². The Bertz CT molecular complexity index is 3000. The SMILES string of the molecule is [2H]c1c([2H])c([2H])c(-c2c([2H])c([2H])c([2H])c([2H])c2-c2c3c([2H])c([2H])c([2H])c([2H])c3c(-c3cccc4c3oc3ccccc34)c3c([2H])c([2H])c([2H])c([2H])c23)c([2H])c1[2H]. The lowest BCUT2D eigenvalue weighted by atomic mass is 9.83. The highest BCUT2D eigenvalue weighted by atomic mass is 16.3. The van der Waals surface area contributed by atoms with Crippen LogP contribution in [-0.4, -0.2) is 0 Å². The minimum absolute atomic E-state index is 0.0763. The van der Waals surface area contributed by atoms with Crippen LogP contribution in [0, 0.1) is 0 Å². The van der Waals surface area contributed by atoms with Gasteiger partial charge in [0.25, 0.3) is 0 Å². The monoisotopic (exact) mass is 513 g/mol. The van der Waals surface area contributed by atoms with E-state index in [1.165, 1.54) is 0 Å². The minimum Gasteiger partial charge on any atom is -0.455 e. The van der Waals surface area contributed by atoms with Crippen molar-refractivity contribution in [2.24, 2.45) is 0 Å². The maximum absolute atomic E-state index is 9.34. The van der Waals surface area contributed by atoms with Crippen molar-refractivity contribution < 1.29 is 27.7 Å². The van der Waals surface area contributed by atoms with Crippen LogP contribution in [0.15, 0.2) is 150 Å². The highest BCUT2D eigenvalue weighted by molar-refractivity contribution is 6.24. The molecular weight excluding hydrogens is 472 g/mol. The standard InChI is InChI=1S/C38H24O/c1-2-13-25(14-3-1)26-15-4-5-17-28(26)36-29-18-6-8-20-31(29)37(32-21-9-7-19-30(32)36)34-23-12-22-33-27-16-10-11-24-35(27)39-38(33)34/h1-24H/i1D,2D,3D,4D,5D,6D,7D,8D,9D,13D,14D,15D,17D,18D,19D,20D,21D. The van der Waals surface area contributed by atoms with E-state index in [1.54, 1.807) is 36.4 Å². The highest BCUT2D eigenvalue weighted by Crippen LogP contribution is 2.47. The summed E-state index contributed by atoms with van der Waals surface area (Å²) < 4.78 is 157. The van der Waals surface area contributed by atoms with Crippen molar-refractivity contribution in [1.29, 1.82) is 0 Å². The fraction of sp³-hybridized carbons (Fsp3) is 0. The van der Waals surface area contributed by atoms with Crippen LogP contribution in [0.1, 0.15) is 23.3 Å². The number of hydrogen-bond acceptors (Lipinski definition) is 1. The molecule has 0 aliphatic rings. The summed E-state index contributed by atoms with van der Waals surface area (Å²) >= 11 is 0. The van der Waals surface area contributed by atoms with Crippen molar-refractivity contribution in [2.45, 2.75) is 0 Å². The molecule has 1 heterocycles. The first-order valence-electron chi connectivity index (χ1n) is 20.5. The number of benzene rings is 7. The summed E-state index contributed by atoms with van der Waals surface area (Å²) in [5.41, 5.74) is -1.57. The Morgan fingerprint density at radius 1 is 0.410 bits per heavy atom. The highest BCUT2D eigenvalue weighted by Gasteiger charge is 2.21. The Hall–Kier alpha value is -5.14. The molecule has 0 radical (unpaired) electrons. The molecule has 0 fully saturated rings. The Morgan fingerprint density at radius 2 is 0.949 bits per heavy atom. The summed E-state index contributed by atoms with van der Waals surface area (Å²) in [6.45, 7) is 0. The predicted molar refractivity (Wildman–Crippen MR) is 165 cm³/mol. The van der Waals surface area contributed by atoms with E-state index < -0.39 is 136 Å². The van der Waals surface area contributed by atoms with Crippen LogP contribution in [0.2, 0.25) is 0 Å². The summed E-state index contributed by atoms with van der Waals surface area (Å²) in [6, 6.07) is -1.21. The summed E-state index contributed by atoms with van der Waals surface area (Å²) in [5, 5.41) is -0.0925. The van der Waals surface area contributed by atoms with Crippen LogP contribution in [0.3, 0.4) is 0 Å². The van der Waals surface area contributed by atoms with Gasteiger partial charge in [0.15, 0.2) is 0 Å². The second-order valence-electron chi connectivity index (χ2n) is 8.78. The van der Waals surface area contributed by atoms with Gasteiger partial charge < -0.3 is 4.42 Å². The zero-order valence-corrected chi connectivity index (χ0v) is 19.9. The van der Waals surface area contributed by atoms with E-state index >= 15 is 0 Å². The van der Waals surface area contributed by atoms with Crippen molar-refractivity contribution in [3.05, 3.63) is 145 Å². The van der Waals surface area contributed by atoms with Crippen LogP contribution >= 0.6 is 0 Å². The van der Waals surface area contributed by atoms with Crippen molar-refractivity contribution in [1.82, 2.24) is 0 Å². The molecule has 0 bridgehead atoms. The largest absolute Gasteiger partial charge is 0.455 e. The molecule has 7 aromatic carbocycles. The second kappa shape index (κ2) is 8.72. The molecular formula is C38H24O. The van der Waals surface area contributed by atoms with Crippen LogP contribution in [0.5, 0.6) is 0 Å². The van der Waals surface area contributed by atoms with Gasteiger partial charge in [-0.3, -0.25) is 0 Å². The van der Waals surface area contributed by atoms with Crippen molar-refractivity contribution in [3.8, 4) is 33.4 Å². The summed E-state index contributed by atoms with van der Waals surface area (Å²) in [6.07, 6.45) is 0. The van der Waals surface area contributed by atoms with Gasteiger partial charge in [-0.25, -0.2) is 0 Å². The van der Waals surface area contributed by atoms with Crippen molar-refractivity contribution in [2.75, 3.05) is 0 Å². The average Bonchev–Trinajstić information content (AvgIpc) is 3.58. The van der Waals surface area contributed by atoms with Crippen molar-refractivity contribution in [3.63, 3.8) is 0 Å². The van der Waals surface area contributed by atoms with Gasteiger partial charge in [-0.2, -0.15) is 0 Å². The van der Waals surface area contributed by atoms with E-state index in [0.29, 0.717) is 16.4 Å². The van der Waals surface area contributed by atoms with Gasteiger partial charge in [-0.05, 0) is 49.9 Å². The molecule has 0 unspecified atom stereocenters. The number of furan rings is 1. The third kappa shape index (κ3) is 3.34. The molecule has 0 saturated heterocycles. The number of fused-ring (bicyclic) bond motifs is 5. The molecule has 0 amide bonds. The van der Waals surface area contributed by atoms with E-state index in [-0.39, 0.29) is 27.5 Å². The molecule has 39 heavy (non-hydrogen) atoms.